The Morgan fingerprint density at radius 3 is 1.93 bits per heavy atom. The zero-order valence-electron chi connectivity index (χ0n) is 15.5. The van der Waals surface area contributed by atoms with Crippen molar-refractivity contribution in [1.82, 2.24) is 0 Å². The Bertz CT molecular complexity index is 1000. The van der Waals surface area contributed by atoms with Gasteiger partial charge in [0.25, 0.3) is 0 Å². The minimum Gasteiger partial charge on any atom is -0.205 e. The molecule has 0 aliphatic heterocycles. The van der Waals surface area contributed by atoms with E-state index in [0.29, 0.717) is 0 Å². The Labute approximate surface area is 193 Å². The molecule has 4 rings (SSSR count). The molecule has 0 bridgehead atoms. The molecule has 0 aliphatic carbocycles. The second kappa shape index (κ2) is 11.2. The fourth-order valence-electron chi connectivity index (χ4n) is 2.39. The predicted molar refractivity (Wildman–Crippen MR) is 136 cm³/mol. The van der Waals surface area contributed by atoms with E-state index in [1.165, 1.54) is 20.3 Å². The molecule has 158 valence electrons. The first-order chi connectivity index (χ1) is 12.8. The SMILES string of the molecule is C.C.Cc1cc(F)c(-c2cc[c]([Sn]([CH3])([CH3])[CH3])s2)s1.Fc1ccsc1-c1cccs1. The van der Waals surface area contributed by atoms with Gasteiger partial charge in [-0.15, -0.1) is 22.7 Å². The fraction of sp³-hybridized carbons (Fsp3) is 0.273. The molecule has 0 amide bonds. The van der Waals surface area contributed by atoms with E-state index < -0.39 is 18.4 Å². The maximum atomic E-state index is 13.6. The molecule has 0 radical (unpaired) electrons. The van der Waals surface area contributed by atoms with Gasteiger partial charge in [-0.25, -0.2) is 4.39 Å². The van der Waals surface area contributed by atoms with E-state index in [1.54, 1.807) is 45.5 Å². The van der Waals surface area contributed by atoms with Gasteiger partial charge < -0.3 is 0 Å². The number of aryl methyl sites for hydroxylation is 1. The maximum absolute atomic E-state index is 13.6. The van der Waals surface area contributed by atoms with Crippen LogP contribution in [0.4, 0.5) is 8.78 Å². The first-order valence-electron chi connectivity index (χ1n) is 8.39. The van der Waals surface area contributed by atoms with Gasteiger partial charge in [-0.05, 0) is 22.9 Å². The van der Waals surface area contributed by atoms with Gasteiger partial charge in [-0.2, -0.15) is 0 Å². The molecular weight excluding hydrogens is 549 g/mol. The molecule has 0 saturated heterocycles. The molecule has 0 fully saturated rings. The monoisotopic (exact) mass is 578 g/mol. The Morgan fingerprint density at radius 2 is 1.48 bits per heavy atom. The Hall–Kier alpha value is -0.541. The largest absolute Gasteiger partial charge is 0.205 e. The average molecular weight is 577 g/mol. The van der Waals surface area contributed by atoms with E-state index in [9.17, 15) is 8.78 Å². The molecule has 0 saturated carbocycles. The summed E-state index contributed by atoms with van der Waals surface area (Å²) in [4.78, 5) is 11.9. The molecule has 4 heterocycles. The Balaban J connectivity index is 0.000000286. The van der Waals surface area contributed by atoms with Gasteiger partial charge in [0.05, 0.1) is 4.88 Å². The third-order valence-electron chi connectivity index (χ3n) is 3.74. The molecule has 0 aliphatic rings. The summed E-state index contributed by atoms with van der Waals surface area (Å²) in [7, 11) is 0. The maximum Gasteiger partial charge on any atom is 0.142 e. The molecule has 4 aromatic heterocycles. The molecule has 0 atom stereocenters. The number of hydrogen-bond donors (Lipinski definition) is 0. The summed E-state index contributed by atoms with van der Waals surface area (Å²) in [5.74, 6) is -0.183. The van der Waals surface area contributed by atoms with Crippen molar-refractivity contribution >= 4 is 66.6 Å². The normalized spacial score (nSPS) is 10.6. The summed E-state index contributed by atoms with van der Waals surface area (Å²) in [6, 6.07) is 11.3. The van der Waals surface area contributed by atoms with Gasteiger partial charge in [-0.3, -0.25) is 0 Å². The smallest absolute Gasteiger partial charge is 0.142 e. The van der Waals surface area contributed by atoms with Crippen LogP contribution in [0, 0.1) is 18.6 Å². The molecule has 0 spiro atoms. The zero-order valence-corrected chi connectivity index (χ0v) is 21.6. The van der Waals surface area contributed by atoms with Gasteiger partial charge in [0, 0.05) is 4.88 Å². The van der Waals surface area contributed by atoms with E-state index in [2.05, 4.69) is 27.0 Å². The van der Waals surface area contributed by atoms with Gasteiger partial charge in [-0.1, -0.05) is 20.9 Å². The fourth-order valence-corrected chi connectivity index (χ4v) is 11.3. The third kappa shape index (κ3) is 6.72. The van der Waals surface area contributed by atoms with Crippen LogP contribution in [0.1, 0.15) is 19.7 Å². The molecule has 7 heteroatoms. The number of hydrogen-bond acceptors (Lipinski definition) is 4. The Morgan fingerprint density at radius 1 is 0.759 bits per heavy atom. The molecule has 0 nitrogen and oxygen atoms in total. The van der Waals surface area contributed by atoms with Crippen LogP contribution in [-0.4, -0.2) is 18.4 Å². The minimum atomic E-state index is -1.97. The van der Waals surface area contributed by atoms with Gasteiger partial charge in [0.1, 0.15) is 5.82 Å². The van der Waals surface area contributed by atoms with Crippen molar-refractivity contribution in [1.29, 1.82) is 0 Å². The summed E-state index contributed by atoms with van der Waals surface area (Å²) < 4.78 is 28.1. The molecule has 0 N–H and O–H groups in total. The minimum absolute atomic E-state index is 0. The van der Waals surface area contributed by atoms with Crippen molar-refractivity contribution < 1.29 is 8.78 Å². The molecule has 0 aromatic carbocycles. The zero-order chi connectivity index (χ0) is 19.6. The Kier molecular flexibility index (Phi) is 10.2. The van der Waals surface area contributed by atoms with Crippen LogP contribution in [0.25, 0.3) is 19.5 Å². The summed E-state index contributed by atoms with van der Waals surface area (Å²) in [5.41, 5.74) is 0. The van der Waals surface area contributed by atoms with Crippen LogP contribution in [-0.2, 0) is 0 Å². The summed E-state index contributed by atoms with van der Waals surface area (Å²) in [6.45, 7) is 1.95. The van der Waals surface area contributed by atoms with Crippen LogP contribution in [0.5, 0.6) is 0 Å². The number of rotatable bonds is 3. The molecule has 0 unspecified atom stereocenters. The predicted octanol–water partition coefficient (Wildman–Crippen LogP) is 9.36. The van der Waals surface area contributed by atoms with Crippen molar-refractivity contribution in [2.75, 3.05) is 0 Å². The van der Waals surface area contributed by atoms with Crippen LogP contribution in [0.2, 0.25) is 14.8 Å². The number of halogens is 2. The van der Waals surface area contributed by atoms with Crippen LogP contribution >= 0.6 is 45.3 Å². The van der Waals surface area contributed by atoms with Crippen molar-refractivity contribution in [3.63, 3.8) is 0 Å². The van der Waals surface area contributed by atoms with Crippen molar-refractivity contribution in [2.24, 2.45) is 0 Å². The van der Waals surface area contributed by atoms with E-state index in [4.69, 9.17) is 0 Å². The van der Waals surface area contributed by atoms with Crippen molar-refractivity contribution in [2.45, 2.75) is 36.6 Å². The van der Waals surface area contributed by atoms with Crippen LogP contribution in [0.3, 0.4) is 0 Å². The van der Waals surface area contributed by atoms with Crippen molar-refractivity contribution in [3.05, 3.63) is 63.7 Å². The van der Waals surface area contributed by atoms with Gasteiger partial charge in [0.15, 0.2) is 0 Å². The van der Waals surface area contributed by atoms with Crippen molar-refractivity contribution in [3.8, 4) is 19.5 Å². The topological polar surface area (TPSA) is 0 Å². The first kappa shape index (κ1) is 26.5. The van der Waals surface area contributed by atoms with E-state index >= 15 is 0 Å². The molecule has 4 aromatic rings. The van der Waals surface area contributed by atoms with Crippen LogP contribution < -0.4 is 2.89 Å². The van der Waals surface area contributed by atoms with E-state index in [-0.39, 0.29) is 26.5 Å². The van der Waals surface area contributed by atoms with Crippen LogP contribution in [0.15, 0.2) is 47.2 Å². The second-order valence-corrected chi connectivity index (χ2v) is 26.6. The quantitative estimate of drug-likeness (QED) is 0.213. The summed E-state index contributed by atoms with van der Waals surface area (Å²) >= 11 is 4.37. The summed E-state index contributed by atoms with van der Waals surface area (Å²) in [5, 5.41) is 3.72. The number of thiophene rings is 4. The third-order valence-corrected chi connectivity index (χ3v) is 17.5. The molecular formula is C22H28F2S4Sn. The molecule has 29 heavy (non-hydrogen) atoms. The van der Waals surface area contributed by atoms with E-state index in [0.717, 1.165) is 24.4 Å². The second-order valence-electron chi connectivity index (χ2n) is 7.02. The van der Waals surface area contributed by atoms with Gasteiger partial charge in [0.2, 0.25) is 0 Å². The first-order valence-corrected chi connectivity index (χ1v) is 21.8. The van der Waals surface area contributed by atoms with E-state index in [1.807, 2.05) is 24.4 Å². The average Bonchev–Trinajstić information content (AvgIpc) is 3.33. The summed E-state index contributed by atoms with van der Waals surface area (Å²) in [6.07, 6.45) is 0. The standard InChI is InChI=1S/C9H6FS2.C8H5FS2.2CH4.3CH3.Sn/c1-6-5-7(10)9(12-6)8-3-2-4-11-8;9-6-3-5-11-8(6)7-2-1-4-10-7;;;;;;/h2-3,5H,1H3;1-5H;2*1H4;3*1H3;. The van der Waals surface area contributed by atoms with Gasteiger partial charge >= 0.3 is 109 Å².